The molecule has 0 N–H and O–H groups in total. The Morgan fingerprint density at radius 2 is 0.468 bits per heavy atom. The predicted octanol–water partition coefficient (Wildman–Crippen LogP) is 9.12. The zero-order valence-corrected chi connectivity index (χ0v) is 23.3. The molecule has 0 saturated carbocycles. The third-order valence-corrected chi connectivity index (χ3v) is 8.78. The molecule has 0 saturated heterocycles. The van der Waals surface area contributed by atoms with Gasteiger partial charge in [-0.05, 0) is 20.8 Å². The van der Waals surface area contributed by atoms with Crippen molar-refractivity contribution in [1.82, 2.24) is 0 Å². The van der Waals surface area contributed by atoms with Crippen LogP contribution in [0.25, 0.3) is 0 Å². The standard InChI is InChI=1S/C18H15F25O3Si/c1-4-44-47(45-5-2,46-6-3)18(42,43)16(37,38)14(33,34)12(29,30)10(25,26)8(21,22)7(19,20)9(23,24)11(27,28)13(31,32)15(35,36)17(39,40)41/h4-6H2,1-3H3. The van der Waals surface area contributed by atoms with E-state index < -0.39 is 99.6 Å². The SMILES string of the molecule is CCO[Si](OCC)(OCC)C(F)(F)C(F)(F)C(F)(F)C(F)(F)C(F)(F)C(F)(F)C(F)(F)C(F)(F)C(F)(F)C(F)(F)C(F)(F)C(F)(F)F. The Morgan fingerprint density at radius 3 is 0.638 bits per heavy atom. The molecule has 47 heavy (non-hydrogen) atoms. The average molecular weight is 782 g/mol. The number of halogens is 25. The molecular formula is C18H15F25O3Si. The second-order valence-electron chi connectivity index (χ2n) is 8.67. The first-order valence-electron chi connectivity index (χ1n) is 11.3. The normalized spacial score (nSPS) is 16.6. The van der Waals surface area contributed by atoms with E-state index in [1.807, 2.05) is 0 Å². The molecule has 0 unspecified atom stereocenters. The molecule has 0 atom stereocenters. The van der Waals surface area contributed by atoms with E-state index >= 15 is 0 Å². The Hall–Kier alpha value is -1.65. The van der Waals surface area contributed by atoms with Gasteiger partial charge in [0.05, 0.1) is 0 Å². The van der Waals surface area contributed by atoms with Gasteiger partial charge in [-0.1, -0.05) is 0 Å². The zero-order valence-electron chi connectivity index (χ0n) is 22.3. The molecule has 0 spiro atoms. The largest absolute Gasteiger partial charge is 0.582 e. The van der Waals surface area contributed by atoms with E-state index in [1.54, 1.807) is 0 Å². The Balaban J connectivity index is 7.59. The minimum absolute atomic E-state index is 0.557. The van der Waals surface area contributed by atoms with Gasteiger partial charge in [0, 0.05) is 19.8 Å². The van der Waals surface area contributed by atoms with Gasteiger partial charge in [0.1, 0.15) is 0 Å². The fourth-order valence-corrected chi connectivity index (χ4v) is 5.59. The summed E-state index contributed by atoms with van der Waals surface area (Å²) in [6, 6.07) is 0. The molecule has 284 valence electrons. The van der Waals surface area contributed by atoms with Crippen LogP contribution in [0.1, 0.15) is 20.8 Å². The molecule has 29 heteroatoms. The number of hydrogen-bond acceptors (Lipinski definition) is 3. The maximum absolute atomic E-state index is 14.8. The predicted molar refractivity (Wildman–Crippen MR) is 101 cm³/mol. The lowest BCUT2D eigenvalue weighted by molar-refractivity contribution is -0.481. The Morgan fingerprint density at radius 1 is 0.298 bits per heavy atom. The number of rotatable bonds is 17. The lowest BCUT2D eigenvalue weighted by Gasteiger charge is -2.46. The van der Waals surface area contributed by atoms with Gasteiger partial charge < -0.3 is 13.3 Å². The highest BCUT2D eigenvalue weighted by atomic mass is 28.4. The zero-order chi connectivity index (χ0) is 38.7. The van der Waals surface area contributed by atoms with Crippen molar-refractivity contribution in [2.24, 2.45) is 0 Å². The van der Waals surface area contributed by atoms with Gasteiger partial charge in [0.25, 0.3) is 0 Å². The van der Waals surface area contributed by atoms with Crippen molar-refractivity contribution in [3.8, 4) is 0 Å². The van der Waals surface area contributed by atoms with Gasteiger partial charge in [-0.25, -0.2) is 0 Å². The van der Waals surface area contributed by atoms with Gasteiger partial charge >= 0.3 is 79.8 Å². The van der Waals surface area contributed by atoms with Gasteiger partial charge in [0.2, 0.25) is 0 Å². The lowest BCUT2D eigenvalue weighted by atomic mass is 9.85. The monoisotopic (exact) mass is 782 g/mol. The van der Waals surface area contributed by atoms with Crippen LogP contribution in [0.2, 0.25) is 0 Å². The van der Waals surface area contributed by atoms with Crippen LogP contribution in [0.3, 0.4) is 0 Å². The molecule has 0 amide bonds. The van der Waals surface area contributed by atoms with Crippen molar-refractivity contribution in [3.05, 3.63) is 0 Å². The topological polar surface area (TPSA) is 27.7 Å². The van der Waals surface area contributed by atoms with Crippen molar-refractivity contribution < 1.29 is 123 Å². The molecule has 0 aliphatic heterocycles. The summed E-state index contributed by atoms with van der Waals surface area (Å²) >= 11 is 0. The van der Waals surface area contributed by atoms with E-state index in [0.717, 1.165) is 0 Å². The van der Waals surface area contributed by atoms with Gasteiger partial charge in [-0.3, -0.25) is 0 Å². The minimum atomic E-state index is -9.64. The summed E-state index contributed by atoms with van der Waals surface area (Å²) < 4.78 is 354. The van der Waals surface area contributed by atoms with Crippen molar-refractivity contribution in [2.75, 3.05) is 19.8 Å². The molecule has 0 rings (SSSR count). The fraction of sp³-hybridized carbons (Fsp3) is 1.00. The molecular weight excluding hydrogens is 767 g/mol. The summed E-state index contributed by atoms with van der Waals surface area (Å²) in [7, 11) is -7.04. The second-order valence-corrected chi connectivity index (χ2v) is 11.3. The van der Waals surface area contributed by atoms with Crippen LogP contribution < -0.4 is 0 Å². The van der Waals surface area contributed by atoms with Crippen molar-refractivity contribution in [1.29, 1.82) is 0 Å². The summed E-state index contributed by atoms with van der Waals surface area (Å²) in [6.07, 6.45) is -8.19. The molecule has 0 fully saturated rings. The van der Waals surface area contributed by atoms with Crippen LogP contribution in [-0.4, -0.2) is 99.6 Å². The van der Waals surface area contributed by atoms with Crippen LogP contribution in [0.5, 0.6) is 0 Å². The maximum atomic E-state index is 14.8. The van der Waals surface area contributed by atoms with E-state index in [4.69, 9.17) is 0 Å². The Labute approximate surface area is 244 Å². The minimum Gasteiger partial charge on any atom is -0.370 e. The van der Waals surface area contributed by atoms with Crippen molar-refractivity contribution >= 4 is 8.80 Å². The first-order valence-corrected chi connectivity index (χ1v) is 13.0. The Bertz CT molecular complexity index is 1010. The summed E-state index contributed by atoms with van der Waals surface area (Å²) in [5.41, 5.74) is -7.24. The lowest BCUT2D eigenvalue weighted by Crippen LogP contribution is -2.80. The van der Waals surface area contributed by atoms with Crippen molar-refractivity contribution in [2.45, 2.75) is 91.7 Å². The average Bonchev–Trinajstić information content (AvgIpc) is 2.87. The van der Waals surface area contributed by atoms with Crippen molar-refractivity contribution in [3.63, 3.8) is 0 Å². The maximum Gasteiger partial charge on any atom is 0.582 e. The first kappa shape index (κ1) is 45.3. The van der Waals surface area contributed by atoms with E-state index in [9.17, 15) is 110 Å². The second kappa shape index (κ2) is 12.3. The quantitative estimate of drug-likeness (QED) is 0.109. The molecule has 0 heterocycles. The van der Waals surface area contributed by atoms with Gasteiger partial charge in [-0.2, -0.15) is 110 Å². The third kappa shape index (κ3) is 5.68. The van der Waals surface area contributed by atoms with Gasteiger partial charge in [-0.15, -0.1) is 0 Å². The molecule has 0 radical (unpaired) electrons. The van der Waals surface area contributed by atoms with E-state index in [2.05, 4.69) is 13.3 Å². The van der Waals surface area contributed by atoms with Crippen LogP contribution in [0.15, 0.2) is 0 Å². The smallest absolute Gasteiger partial charge is 0.370 e. The van der Waals surface area contributed by atoms with E-state index in [1.165, 1.54) is 0 Å². The van der Waals surface area contributed by atoms with Crippen LogP contribution >= 0.6 is 0 Å². The molecule has 0 bridgehead atoms. The molecule has 3 nitrogen and oxygen atoms in total. The summed E-state index contributed by atoms with van der Waals surface area (Å²) in [6.45, 7) is -2.45. The molecule has 0 aromatic heterocycles. The summed E-state index contributed by atoms with van der Waals surface area (Å²) in [5.74, 6) is -92.3. The van der Waals surface area contributed by atoms with Gasteiger partial charge in [0.15, 0.2) is 0 Å². The first-order chi connectivity index (χ1) is 20.2. The molecule has 0 aromatic carbocycles. The summed E-state index contributed by atoms with van der Waals surface area (Å²) in [4.78, 5) is 0. The molecule has 0 aromatic rings. The summed E-state index contributed by atoms with van der Waals surface area (Å²) in [5, 5.41) is 0. The molecule has 0 aliphatic rings. The third-order valence-electron chi connectivity index (χ3n) is 5.69. The highest BCUT2D eigenvalue weighted by Gasteiger charge is 3.00. The number of hydrogen-bond donors (Lipinski definition) is 0. The van der Waals surface area contributed by atoms with E-state index in [-0.39, 0.29) is 0 Å². The van der Waals surface area contributed by atoms with Crippen LogP contribution in [0, 0.1) is 0 Å². The highest BCUT2D eigenvalue weighted by molar-refractivity contribution is 6.63. The number of alkyl halides is 25. The fourth-order valence-electron chi connectivity index (χ4n) is 3.11. The highest BCUT2D eigenvalue weighted by Crippen LogP contribution is 2.68. The van der Waals surface area contributed by atoms with Crippen LogP contribution in [-0.2, 0) is 13.3 Å². The van der Waals surface area contributed by atoms with E-state index in [0.29, 0.717) is 20.8 Å². The molecule has 0 aliphatic carbocycles. The Kier molecular flexibility index (Phi) is 11.9. The van der Waals surface area contributed by atoms with Crippen LogP contribution in [0.4, 0.5) is 110 Å².